The van der Waals surface area contributed by atoms with E-state index in [0.717, 1.165) is 32.5 Å². The number of likely N-dealkylation sites (tertiary alicyclic amines) is 1. The molecule has 5 heteroatoms. The number of nitrogens with zero attached hydrogens (tertiary/aromatic N) is 1. The van der Waals surface area contributed by atoms with Gasteiger partial charge in [0.05, 0.1) is 13.1 Å². The second kappa shape index (κ2) is 6.00. The van der Waals surface area contributed by atoms with Gasteiger partial charge in [0.2, 0.25) is 11.8 Å². The van der Waals surface area contributed by atoms with Gasteiger partial charge in [0.25, 0.3) is 0 Å². The monoisotopic (exact) mass is 239 g/mol. The Morgan fingerprint density at radius 3 is 2.47 bits per heavy atom. The van der Waals surface area contributed by atoms with Crippen molar-refractivity contribution in [2.24, 2.45) is 5.92 Å². The van der Waals surface area contributed by atoms with E-state index in [2.05, 4.69) is 10.6 Å². The van der Waals surface area contributed by atoms with Gasteiger partial charge >= 0.3 is 0 Å². The van der Waals surface area contributed by atoms with E-state index in [1.807, 2.05) is 4.90 Å². The van der Waals surface area contributed by atoms with E-state index in [1.165, 1.54) is 12.8 Å². The lowest BCUT2D eigenvalue weighted by atomic mass is 10.4. The summed E-state index contributed by atoms with van der Waals surface area (Å²) in [6.07, 6.45) is 4.68. The SMILES string of the molecule is O=C(CNCC(=O)N1CCCC1)NCC1CC1. The Balaban J connectivity index is 1.51. The predicted molar refractivity (Wildman–Crippen MR) is 64.4 cm³/mol. The average Bonchev–Trinajstić information content (AvgIpc) is 2.98. The van der Waals surface area contributed by atoms with Crippen LogP contribution in [0.5, 0.6) is 0 Å². The summed E-state index contributed by atoms with van der Waals surface area (Å²) in [5, 5.41) is 5.76. The zero-order chi connectivity index (χ0) is 12.1. The lowest BCUT2D eigenvalue weighted by Crippen LogP contribution is -2.41. The van der Waals surface area contributed by atoms with Gasteiger partial charge in [-0.2, -0.15) is 0 Å². The molecule has 2 aliphatic rings. The maximum absolute atomic E-state index is 11.6. The molecule has 2 N–H and O–H groups in total. The molecule has 1 saturated carbocycles. The fourth-order valence-electron chi connectivity index (χ4n) is 2.00. The molecule has 0 aromatic rings. The first-order valence-electron chi connectivity index (χ1n) is 6.51. The zero-order valence-corrected chi connectivity index (χ0v) is 10.2. The molecule has 96 valence electrons. The number of carbonyl (C=O) groups is 2. The van der Waals surface area contributed by atoms with Crippen molar-refractivity contribution in [2.75, 3.05) is 32.7 Å². The van der Waals surface area contributed by atoms with Gasteiger partial charge in [0, 0.05) is 19.6 Å². The van der Waals surface area contributed by atoms with Crippen molar-refractivity contribution < 1.29 is 9.59 Å². The molecule has 2 rings (SSSR count). The van der Waals surface area contributed by atoms with Crippen LogP contribution in [-0.2, 0) is 9.59 Å². The van der Waals surface area contributed by atoms with Crippen LogP contribution < -0.4 is 10.6 Å². The van der Waals surface area contributed by atoms with Crippen LogP contribution >= 0.6 is 0 Å². The summed E-state index contributed by atoms with van der Waals surface area (Å²) in [5.74, 6) is 0.800. The largest absolute Gasteiger partial charge is 0.355 e. The number of rotatable bonds is 6. The molecule has 0 spiro atoms. The minimum Gasteiger partial charge on any atom is -0.355 e. The quantitative estimate of drug-likeness (QED) is 0.670. The Bertz CT molecular complexity index is 283. The van der Waals surface area contributed by atoms with Crippen LogP contribution in [-0.4, -0.2) is 49.4 Å². The van der Waals surface area contributed by atoms with Crippen LogP contribution in [0.1, 0.15) is 25.7 Å². The summed E-state index contributed by atoms with van der Waals surface area (Å²) in [4.78, 5) is 24.9. The van der Waals surface area contributed by atoms with Crippen molar-refractivity contribution in [2.45, 2.75) is 25.7 Å². The molecule has 0 bridgehead atoms. The standard InChI is InChI=1S/C12H21N3O2/c16-11(14-7-10-3-4-10)8-13-9-12(17)15-5-1-2-6-15/h10,13H,1-9H2,(H,14,16). The minimum atomic E-state index is -0.00822. The Labute approximate surface area is 102 Å². The number of hydrogen-bond donors (Lipinski definition) is 2. The van der Waals surface area contributed by atoms with E-state index in [1.54, 1.807) is 0 Å². The second-order valence-electron chi connectivity index (χ2n) is 4.94. The van der Waals surface area contributed by atoms with Gasteiger partial charge in [-0.15, -0.1) is 0 Å². The van der Waals surface area contributed by atoms with Gasteiger partial charge in [0.15, 0.2) is 0 Å². The molecule has 1 heterocycles. The van der Waals surface area contributed by atoms with Gasteiger partial charge in [0.1, 0.15) is 0 Å². The molecule has 0 atom stereocenters. The fourth-order valence-corrected chi connectivity index (χ4v) is 2.00. The lowest BCUT2D eigenvalue weighted by molar-refractivity contribution is -0.129. The molecule has 1 aliphatic carbocycles. The number of nitrogens with one attached hydrogen (secondary N) is 2. The number of carbonyl (C=O) groups excluding carboxylic acids is 2. The topological polar surface area (TPSA) is 61.4 Å². The molecule has 5 nitrogen and oxygen atoms in total. The maximum Gasteiger partial charge on any atom is 0.236 e. The maximum atomic E-state index is 11.6. The molecule has 0 aromatic heterocycles. The summed E-state index contributed by atoms with van der Waals surface area (Å²) in [5.41, 5.74) is 0. The second-order valence-corrected chi connectivity index (χ2v) is 4.94. The third kappa shape index (κ3) is 4.34. The van der Waals surface area contributed by atoms with Crippen molar-refractivity contribution in [3.8, 4) is 0 Å². The van der Waals surface area contributed by atoms with Crippen molar-refractivity contribution >= 4 is 11.8 Å². The van der Waals surface area contributed by atoms with Gasteiger partial charge in [-0.1, -0.05) is 0 Å². The highest BCUT2D eigenvalue weighted by molar-refractivity contribution is 5.81. The Hall–Kier alpha value is -1.10. The molecule has 0 aromatic carbocycles. The third-order valence-corrected chi connectivity index (χ3v) is 3.31. The van der Waals surface area contributed by atoms with Gasteiger partial charge < -0.3 is 10.2 Å². The molecule has 1 saturated heterocycles. The van der Waals surface area contributed by atoms with Crippen LogP contribution in [0.25, 0.3) is 0 Å². The smallest absolute Gasteiger partial charge is 0.236 e. The highest BCUT2D eigenvalue weighted by Gasteiger charge is 2.21. The zero-order valence-electron chi connectivity index (χ0n) is 10.2. The summed E-state index contributed by atoms with van der Waals surface area (Å²) >= 11 is 0. The van der Waals surface area contributed by atoms with Crippen LogP contribution in [0.3, 0.4) is 0 Å². The van der Waals surface area contributed by atoms with E-state index in [9.17, 15) is 9.59 Å². The molecule has 17 heavy (non-hydrogen) atoms. The van der Waals surface area contributed by atoms with Crippen LogP contribution in [0.4, 0.5) is 0 Å². The molecule has 2 fully saturated rings. The van der Waals surface area contributed by atoms with E-state index in [4.69, 9.17) is 0 Å². The Kier molecular flexibility index (Phi) is 4.36. The third-order valence-electron chi connectivity index (χ3n) is 3.31. The van der Waals surface area contributed by atoms with Gasteiger partial charge in [-0.3, -0.25) is 14.9 Å². The normalized spacial score (nSPS) is 19.4. The van der Waals surface area contributed by atoms with E-state index in [-0.39, 0.29) is 24.9 Å². The predicted octanol–water partition coefficient (Wildman–Crippen LogP) is -0.275. The Morgan fingerprint density at radius 2 is 1.82 bits per heavy atom. The highest BCUT2D eigenvalue weighted by atomic mass is 16.2. The minimum absolute atomic E-state index is 0.00822. The first-order chi connectivity index (χ1) is 8.25. The molecule has 1 aliphatic heterocycles. The van der Waals surface area contributed by atoms with Crippen molar-refractivity contribution in [1.82, 2.24) is 15.5 Å². The molecule has 2 amide bonds. The first-order valence-corrected chi connectivity index (χ1v) is 6.51. The number of hydrogen-bond acceptors (Lipinski definition) is 3. The highest BCUT2D eigenvalue weighted by Crippen LogP contribution is 2.27. The first kappa shape index (κ1) is 12.4. The Morgan fingerprint density at radius 1 is 1.12 bits per heavy atom. The summed E-state index contributed by atoms with van der Waals surface area (Å²) < 4.78 is 0. The van der Waals surface area contributed by atoms with Crippen molar-refractivity contribution in [3.05, 3.63) is 0 Å². The summed E-state index contributed by atoms with van der Waals surface area (Å²) in [6, 6.07) is 0. The van der Waals surface area contributed by atoms with Crippen LogP contribution in [0.2, 0.25) is 0 Å². The average molecular weight is 239 g/mol. The lowest BCUT2D eigenvalue weighted by Gasteiger charge is -2.15. The molecular weight excluding hydrogens is 218 g/mol. The van der Waals surface area contributed by atoms with E-state index < -0.39 is 0 Å². The molecular formula is C12H21N3O2. The fraction of sp³-hybridized carbons (Fsp3) is 0.833. The molecule has 0 unspecified atom stereocenters. The summed E-state index contributed by atoms with van der Waals surface area (Å²) in [7, 11) is 0. The number of amides is 2. The molecule has 0 radical (unpaired) electrons. The van der Waals surface area contributed by atoms with Crippen molar-refractivity contribution in [1.29, 1.82) is 0 Å². The van der Waals surface area contributed by atoms with Crippen LogP contribution in [0, 0.1) is 5.92 Å². The van der Waals surface area contributed by atoms with E-state index in [0.29, 0.717) is 5.92 Å². The summed E-state index contributed by atoms with van der Waals surface area (Å²) in [6.45, 7) is 3.05. The van der Waals surface area contributed by atoms with Crippen molar-refractivity contribution in [3.63, 3.8) is 0 Å². The van der Waals surface area contributed by atoms with Gasteiger partial charge in [-0.25, -0.2) is 0 Å². The van der Waals surface area contributed by atoms with E-state index >= 15 is 0 Å². The van der Waals surface area contributed by atoms with Crippen LogP contribution in [0.15, 0.2) is 0 Å². The van der Waals surface area contributed by atoms with Gasteiger partial charge in [-0.05, 0) is 31.6 Å².